The first-order valence-electron chi connectivity index (χ1n) is 5.73. The van der Waals surface area contributed by atoms with Gasteiger partial charge >= 0.3 is 5.97 Å². The Morgan fingerprint density at radius 1 is 1.14 bits per heavy atom. The third-order valence-electron chi connectivity index (χ3n) is 2.51. The Morgan fingerprint density at radius 2 is 1.76 bits per heavy atom. The topological polar surface area (TPSA) is 127 Å². The van der Waals surface area contributed by atoms with E-state index in [1.165, 1.54) is 0 Å². The Balaban J connectivity index is 3.39. The van der Waals surface area contributed by atoms with Crippen molar-refractivity contribution in [1.82, 2.24) is 0 Å². The van der Waals surface area contributed by atoms with Crippen molar-refractivity contribution >= 4 is 21.9 Å². The van der Waals surface area contributed by atoms with E-state index in [2.05, 4.69) is 8.92 Å². The lowest BCUT2D eigenvalue weighted by Gasteiger charge is -2.08. The molecule has 1 aromatic carbocycles. The number of rotatable bonds is 7. The molecule has 0 spiro atoms. The lowest BCUT2D eigenvalue weighted by molar-refractivity contribution is 0.00681. The maximum Gasteiger partial charge on any atom is 0.340 e. The molecule has 0 radical (unpaired) electrons. The summed E-state index contributed by atoms with van der Waals surface area (Å²) in [6.07, 6.45) is -0.231. The largest absolute Gasteiger partial charge is 0.435 e. The van der Waals surface area contributed by atoms with Crippen LogP contribution in [0.1, 0.15) is 27.1 Å². The average Bonchev–Trinajstić information content (AvgIpc) is 2.47. The molecule has 0 aromatic heterocycles. The summed E-state index contributed by atoms with van der Waals surface area (Å²) in [6.45, 7) is -1.31. The van der Waals surface area contributed by atoms with Gasteiger partial charge in [0.1, 0.15) is 0 Å². The monoisotopic (exact) mass is 318 g/mol. The quantitative estimate of drug-likeness (QED) is 0.303. The van der Waals surface area contributed by atoms with Crippen molar-refractivity contribution in [2.24, 2.45) is 0 Å². The molecular weight excluding hydrogens is 304 g/mol. The highest BCUT2D eigenvalue weighted by atomic mass is 32.2. The SMILES string of the molecule is COS(=O)(=O)c1cc(C(=O)CCO)cc(C(=O)OCO)c1. The van der Waals surface area contributed by atoms with Gasteiger partial charge in [-0.2, -0.15) is 8.42 Å². The van der Waals surface area contributed by atoms with Crippen molar-refractivity contribution in [3.8, 4) is 0 Å². The number of benzene rings is 1. The van der Waals surface area contributed by atoms with Crippen molar-refractivity contribution in [3.63, 3.8) is 0 Å². The van der Waals surface area contributed by atoms with Gasteiger partial charge in [0.15, 0.2) is 12.6 Å². The molecule has 0 saturated carbocycles. The highest BCUT2D eigenvalue weighted by molar-refractivity contribution is 7.86. The molecule has 2 N–H and O–H groups in total. The molecule has 1 aromatic rings. The van der Waals surface area contributed by atoms with Crippen molar-refractivity contribution in [2.45, 2.75) is 11.3 Å². The van der Waals surface area contributed by atoms with Gasteiger partial charge in [0.05, 0.1) is 24.2 Å². The molecule has 0 aliphatic heterocycles. The molecule has 0 aliphatic rings. The Hall–Kier alpha value is -1.81. The molecule has 0 aliphatic carbocycles. The fraction of sp³-hybridized carbons (Fsp3) is 0.333. The summed E-state index contributed by atoms with van der Waals surface area (Å²) in [5.74, 6) is -1.55. The second-order valence-corrected chi connectivity index (χ2v) is 5.54. The van der Waals surface area contributed by atoms with Gasteiger partial charge in [0.25, 0.3) is 10.1 Å². The van der Waals surface area contributed by atoms with Crippen molar-refractivity contribution in [2.75, 3.05) is 20.5 Å². The van der Waals surface area contributed by atoms with Crippen molar-refractivity contribution in [1.29, 1.82) is 0 Å². The number of esters is 1. The lowest BCUT2D eigenvalue weighted by atomic mass is 10.1. The van der Waals surface area contributed by atoms with Crippen LogP contribution >= 0.6 is 0 Å². The summed E-state index contributed by atoms with van der Waals surface area (Å²) < 4.78 is 32.0. The normalized spacial score (nSPS) is 11.2. The van der Waals surface area contributed by atoms with Crippen LogP contribution in [-0.4, -0.2) is 50.9 Å². The van der Waals surface area contributed by atoms with Crippen LogP contribution < -0.4 is 0 Å². The number of carbonyl (C=O) groups is 2. The second-order valence-electron chi connectivity index (χ2n) is 3.82. The molecule has 116 valence electrons. The van der Waals surface area contributed by atoms with Gasteiger partial charge in [-0.05, 0) is 18.2 Å². The molecule has 0 unspecified atom stereocenters. The van der Waals surface area contributed by atoms with E-state index in [1.807, 2.05) is 0 Å². The minimum atomic E-state index is -4.13. The average molecular weight is 318 g/mol. The number of hydrogen-bond acceptors (Lipinski definition) is 8. The van der Waals surface area contributed by atoms with Gasteiger partial charge < -0.3 is 14.9 Å². The summed E-state index contributed by atoms with van der Waals surface area (Å²) in [5, 5.41) is 17.3. The summed E-state index contributed by atoms with van der Waals surface area (Å²) in [5.41, 5.74) is -0.324. The van der Waals surface area contributed by atoms with Crippen LogP contribution in [0.25, 0.3) is 0 Å². The molecule has 0 saturated heterocycles. The number of ether oxygens (including phenoxy) is 1. The maximum atomic E-state index is 11.7. The molecular formula is C12H14O8S. The molecule has 9 heteroatoms. The smallest absolute Gasteiger partial charge is 0.340 e. The van der Waals surface area contributed by atoms with Crippen molar-refractivity contribution < 1.29 is 37.1 Å². The van der Waals surface area contributed by atoms with Crippen LogP contribution in [0.15, 0.2) is 23.1 Å². The predicted octanol–water partition coefficient (Wildman–Crippen LogP) is -0.307. The zero-order chi connectivity index (χ0) is 16.0. The standard InChI is InChI=1S/C12H14O8S/c1-19-21(17,18)10-5-8(11(15)2-3-13)4-9(6-10)12(16)20-7-14/h4-6,13-14H,2-3,7H2,1H3. The summed E-state index contributed by atoms with van der Waals surface area (Å²) in [6, 6.07) is 3.11. The second kappa shape index (κ2) is 7.27. The zero-order valence-electron chi connectivity index (χ0n) is 11.1. The number of Topliss-reactive ketones (excluding diaryl/α,β-unsaturated/α-hetero) is 1. The Bertz CT molecular complexity index is 598. The minimum absolute atomic E-state index is 0.0907. The van der Waals surface area contributed by atoms with Gasteiger partial charge in [-0.1, -0.05) is 0 Å². The Kier molecular flexibility index (Phi) is 5.97. The number of aliphatic hydroxyl groups excluding tert-OH is 2. The Labute approximate surface area is 121 Å². The molecule has 8 nitrogen and oxygen atoms in total. The molecule has 0 bridgehead atoms. The van der Waals surface area contributed by atoms with E-state index in [0.717, 1.165) is 25.3 Å². The van der Waals surface area contributed by atoms with E-state index in [0.29, 0.717) is 0 Å². The predicted molar refractivity (Wildman–Crippen MR) is 69.2 cm³/mol. The number of aliphatic hydroxyl groups is 2. The molecule has 0 atom stereocenters. The van der Waals surface area contributed by atoms with Gasteiger partial charge in [0.2, 0.25) is 0 Å². The number of ketones is 1. The first kappa shape index (κ1) is 17.2. The van der Waals surface area contributed by atoms with Crippen LogP contribution in [0.5, 0.6) is 0 Å². The van der Waals surface area contributed by atoms with E-state index >= 15 is 0 Å². The van der Waals surface area contributed by atoms with E-state index in [-0.39, 0.29) is 17.5 Å². The summed E-state index contributed by atoms with van der Waals surface area (Å²) >= 11 is 0. The summed E-state index contributed by atoms with van der Waals surface area (Å²) in [4.78, 5) is 22.9. The molecule has 21 heavy (non-hydrogen) atoms. The van der Waals surface area contributed by atoms with Gasteiger partial charge in [-0.15, -0.1) is 0 Å². The fourth-order valence-electron chi connectivity index (χ4n) is 1.51. The first-order valence-corrected chi connectivity index (χ1v) is 7.14. The molecule has 1 rings (SSSR count). The van der Waals surface area contributed by atoms with E-state index in [9.17, 15) is 18.0 Å². The highest BCUT2D eigenvalue weighted by Gasteiger charge is 2.20. The maximum absolute atomic E-state index is 11.7. The van der Waals surface area contributed by atoms with Crippen LogP contribution in [0.4, 0.5) is 0 Å². The van der Waals surface area contributed by atoms with Crippen molar-refractivity contribution in [3.05, 3.63) is 29.3 Å². The first-order chi connectivity index (χ1) is 9.85. The minimum Gasteiger partial charge on any atom is -0.435 e. The lowest BCUT2D eigenvalue weighted by Crippen LogP contribution is -2.12. The fourth-order valence-corrected chi connectivity index (χ4v) is 2.24. The van der Waals surface area contributed by atoms with Crippen LogP contribution in [0, 0.1) is 0 Å². The van der Waals surface area contributed by atoms with Gasteiger partial charge in [0, 0.05) is 12.0 Å². The third kappa shape index (κ3) is 4.33. The summed E-state index contributed by atoms with van der Waals surface area (Å²) in [7, 11) is -3.19. The van der Waals surface area contributed by atoms with Crippen LogP contribution in [0.3, 0.4) is 0 Å². The van der Waals surface area contributed by atoms with E-state index in [1.54, 1.807) is 0 Å². The third-order valence-corrected chi connectivity index (χ3v) is 3.76. The van der Waals surface area contributed by atoms with Crippen LogP contribution in [0.2, 0.25) is 0 Å². The van der Waals surface area contributed by atoms with Gasteiger partial charge in [-0.25, -0.2) is 4.79 Å². The highest BCUT2D eigenvalue weighted by Crippen LogP contribution is 2.19. The number of hydrogen-bond donors (Lipinski definition) is 2. The Morgan fingerprint density at radius 3 is 2.29 bits per heavy atom. The van der Waals surface area contributed by atoms with E-state index < -0.39 is 40.2 Å². The van der Waals surface area contributed by atoms with Gasteiger partial charge in [-0.3, -0.25) is 8.98 Å². The van der Waals surface area contributed by atoms with Crippen LogP contribution in [-0.2, 0) is 19.0 Å². The zero-order valence-corrected chi connectivity index (χ0v) is 11.9. The number of carbonyl (C=O) groups excluding carboxylic acids is 2. The molecule has 0 fully saturated rings. The van der Waals surface area contributed by atoms with E-state index in [4.69, 9.17) is 10.2 Å². The molecule has 0 amide bonds. The molecule has 0 heterocycles.